The van der Waals surface area contributed by atoms with Gasteiger partial charge in [-0.3, -0.25) is 14.2 Å². The van der Waals surface area contributed by atoms with E-state index in [1.807, 2.05) is 12.1 Å². The number of carbonyl (C=O) groups excluding carboxylic acids is 1. The van der Waals surface area contributed by atoms with Gasteiger partial charge in [0.05, 0.1) is 12.2 Å². The van der Waals surface area contributed by atoms with Gasteiger partial charge in [0.2, 0.25) is 0 Å². The quantitative estimate of drug-likeness (QED) is 0.676. The molecule has 2 aliphatic heterocycles. The number of pyridine rings is 1. The predicted molar refractivity (Wildman–Crippen MR) is 106 cm³/mol. The van der Waals surface area contributed by atoms with Crippen LogP contribution < -0.4 is 10.3 Å². The smallest absolute Gasteiger partial charge is 0.257 e. The summed E-state index contributed by atoms with van der Waals surface area (Å²) in [5.41, 5.74) is 3.96. The molecule has 0 unspecified atom stereocenters. The Morgan fingerprint density at radius 1 is 1.00 bits per heavy atom. The maximum atomic E-state index is 13.2. The lowest BCUT2D eigenvalue weighted by atomic mass is 10.00. The average Bonchev–Trinajstić information content (AvgIpc) is 3.22. The first-order valence-corrected chi connectivity index (χ1v) is 9.64. The summed E-state index contributed by atoms with van der Waals surface area (Å²) in [7, 11) is 0. The fourth-order valence-electron chi connectivity index (χ4n) is 4.06. The summed E-state index contributed by atoms with van der Waals surface area (Å²) in [6.45, 7) is 1.57. The number of halogens is 1. The van der Waals surface area contributed by atoms with Crippen molar-refractivity contribution in [2.24, 2.45) is 0 Å². The number of amides is 1. The number of benzene rings is 2. The number of carbonyl (C=O) groups is 1. The highest BCUT2D eigenvalue weighted by molar-refractivity contribution is 5.97. The Kier molecular flexibility index (Phi) is 4.19. The predicted octanol–water partition coefficient (Wildman–Crippen LogP) is 3.11. The van der Waals surface area contributed by atoms with Crippen molar-refractivity contribution in [3.63, 3.8) is 0 Å². The van der Waals surface area contributed by atoms with Gasteiger partial charge >= 0.3 is 0 Å². The second kappa shape index (κ2) is 6.88. The van der Waals surface area contributed by atoms with Gasteiger partial charge < -0.3 is 9.64 Å². The molecule has 5 rings (SSSR count). The molecule has 5 nitrogen and oxygen atoms in total. The lowest BCUT2D eigenvalue weighted by Gasteiger charge is -2.29. The van der Waals surface area contributed by atoms with E-state index in [4.69, 9.17) is 4.74 Å². The van der Waals surface area contributed by atoms with Crippen LogP contribution in [0.1, 0.15) is 27.0 Å². The first-order valence-electron chi connectivity index (χ1n) is 9.64. The van der Waals surface area contributed by atoms with Crippen molar-refractivity contribution in [1.82, 2.24) is 9.47 Å². The molecular formula is C23H19FN2O3. The van der Waals surface area contributed by atoms with Crippen molar-refractivity contribution in [3.05, 3.63) is 93.2 Å². The number of hydrogen-bond donors (Lipinski definition) is 0. The summed E-state index contributed by atoms with van der Waals surface area (Å²) in [5, 5.41) is 0. The van der Waals surface area contributed by atoms with Gasteiger partial charge in [0.15, 0.2) is 0 Å². The van der Waals surface area contributed by atoms with Gasteiger partial charge in [0, 0.05) is 37.5 Å². The molecule has 0 atom stereocenters. The first kappa shape index (κ1) is 17.7. The van der Waals surface area contributed by atoms with Crippen LogP contribution in [-0.4, -0.2) is 28.5 Å². The molecule has 0 saturated carbocycles. The molecule has 2 aliphatic rings. The Morgan fingerprint density at radius 2 is 1.83 bits per heavy atom. The Morgan fingerprint density at radius 3 is 2.66 bits per heavy atom. The monoisotopic (exact) mass is 390 g/mol. The van der Waals surface area contributed by atoms with Crippen LogP contribution >= 0.6 is 0 Å². The van der Waals surface area contributed by atoms with E-state index in [1.165, 1.54) is 16.7 Å². The standard InChI is InChI=1S/C23H19FN2O3/c24-18-4-6-19(7-5-18)26-14-17-13-25(10-8-16(17)12-21(26)27)23(28)20-3-1-2-15-9-11-29-22(15)20/h1-7,12,14H,8-11,13H2. The van der Waals surface area contributed by atoms with E-state index in [-0.39, 0.29) is 17.3 Å². The van der Waals surface area contributed by atoms with Crippen LogP contribution in [0.5, 0.6) is 5.75 Å². The molecule has 3 heterocycles. The van der Waals surface area contributed by atoms with Crippen LogP contribution in [0.15, 0.2) is 59.5 Å². The summed E-state index contributed by atoms with van der Waals surface area (Å²) >= 11 is 0. The number of ether oxygens (including phenoxy) is 1. The van der Waals surface area contributed by atoms with Crippen LogP contribution in [0.3, 0.4) is 0 Å². The lowest BCUT2D eigenvalue weighted by molar-refractivity contribution is 0.0730. The Balaban J connectivity index is 1.47. The van der Waals surface area contributed by atoms with Gasteiger partial charge in [-0.25, -0.2) is 4.39 Å². The fraction of sp³-hybridized carbons (Fsp3) is 0.217. The summed E-state index contributed by atoms with van der Waals surface area (Å²) in [4.78, 5) is 27.5. The summed E-state index contributed by atoms with van der Waals surface area (Å²) < 4.78 is 20.4. The van der Waals surface area contributed by atoms with Crippen molar-refractivity contribution in [2.75, 3.05) is 13.2 Å². The van der Waals surface area contributed by atoms with Crippen LogP contribution in [-0.2, 0) is 19.4 Å². The van der Waals surface area contributed by atoms with Crippen LogP contribution in [0.4, 0.5) is 4.39 Å². The van der Waals surface area contributed by atoms with Crippen LogP contribution in [0.2, 0.25) is 0 Å². The highest BCUT2D eigenvalue weighted by atomic mass is 19.1. The van der Waals surface area contributed by atoms with E-state index in [2.05, 4.69) is 0 Å². The van der Waals surface area contributed by atoms with Gasteiger partial charge in [-0.2, -0.15) is 0 Å². The molecule has 29 heavy (non-hydrogen) atoms. The van der Waals surface area contributed by atoms with Crippen molar-refractivity contribution in [1.29, 1.82) is 0 Å². The zero-order chi connectivity index (χ0) is 20.0. The molecule has 0 saturated heterocycles. The third-order valence-corrected chi connectivity index (χ3v) is 5.58. The Hall–Kier alpha value is -3.41. The van der Waals surface area contributed by atoms with Gasteiger partial charge in [-0.1, -0.05) is 12.1 Å². The lowest BCUT2D eigenvalue weighted by Crippen LogP contribution is -2.37. The Labute approximate surface area is 167 Å². The van der Waals surface area contributed by atoms with Gasteiger partial charge in [-0.05, 0) is 53.4 Å². The van der Waals surface area contributed by atoms with Crippen molar-refractivity contribution in [2.45, 2.75) is 19.4 Å². The number of fused-ring (bicyclic) bond motifs is 2. The minimum absolute atomic E-state index is 0.0612. The zero-order valence-corrected chi connectivity index (χ0v) is 15.7. The number of rotatable bonds is 2. The molecule has 6 heteroatoms. The zero-order valence-electron chi connectivity index (χ0n) is 15.7. The van der Waals surface area contributed by atoms with E-state index in [0.717, 1.165) is 23.1 Å². The molecule has 0 fully saturated rings. The minimum Gasteiger partial charge on any atom is -0.492 e. The molecule has 3 aromatic rings. The third-order valence-electron chi connectivity index (χ3n) is 5.58. The molecular weight excluding hydrogens is 371 g/mol. The molecule has 0 N–H and O–H groups in total. The molecule has 0 spiro atoms. The van der Waals surface area contributed by atoms with E-state index in [1.54, 1.807) is 35.4 Å². The van der Waals surface area contributed by atoms with E-state index in [9.17, 15) is 14.0 Å². The molecule has 1 aromatic heterocycles. The number of hydrogen-bond acceptors (Lipinski definition) is 3. The number of aromatic nitrogens is 1. The van der Waals surface area contributed by atoms with Crippen molar-refractivity contribution >= 4 is 5.91 Å². The topological polar surface area (TPSA) is 51.5 Å². The van der Waals surface area contributed by atoms with Gasteiger partial charge in [0.25, 0.3) is 11.5 Å². The summed E-state index contributed by atoms with van der Waals surface area (Å²) in [6.07, 6.45) is 3.20. The summed E-state index contributed by atoms with van der Waals surface area (Å²) in [5.74, 6) is 0.280. The maximum Gasteiger partial charge on any atom is 0.257 e. The first-order chi connectivity index (χ1) is 14.1. The molecule has 146 valence electrons. The van der Waals surface area contributed by atoms with Crippen LogP contribution in [0.25, 0.3) is 5.69 Å². The SMILES string of the molecule is O=C(c1cccc2c1OCC2)N1CCc2cc(=O)n(-c3ccc(F)cc3)cc2C1. The van der Waals surface area contributed by atoms with E-state index >= 15 is 0 Å². The minimum atomic E-state index is -0.353. The number of nitrogens with zero attached hydrogens (tertiary/aromatic N) is 2. The van der Waals surface area contributed by atoms with Crippen molar-refractivity contribution in [3.8, 4) is 11.4 Å². The maximum absolute atomic E-state index is 13.2. The molecule has 0 bridgehead atoms. The third kappa shape index (κ3) is 3.10. The van der Waals surface area contributed by atoms with E-state index in [0.29, 0.717) is 43.1 Å². The highest BCUT2D eigenvalue weighted by Crippen LogP contribution is 2.31. The molecule has 0 aliphatic carbocycles. The van der Waals surface area contributed by atoms with Gasteiger partial charge in [-0.15, -0.1) is 0 Å². The number of para-hydroxylation sites is 1. The van der Waals surface area contributed by atoms with Crippen molar-refractivity contribution < 1.29 is 13.9 Å². The van der Waals surface area contributed by atoms with Crippen LogP contribution in [0, 0.1) is 5.82 Å². The fourth-order valence-corrected chi connectivity index (χ4v) is 4.06. The average molecular weight is 390 g/mol. The second-order valence-corrected chi connectivity index (χ2v) is 7.38. The normalized spacial score (nSPS) is 14.9. The Bertz CT molecular complexity index is 1170. The van der Waals surface area contributed by atoms with E-state index < -0.39 is 0 Å². The molecule has 2 aromatic carbocycles. The van der Waals surface area contributed by atoms with Gasteiger partial charge in [0.1, 0.15) is 11.6 Å². The second-order valence-electron chi connectivity index (χ2n) is 7.38. The summed E-state index contributed by atoms with van der Waals surface area (Å²) in [6, 6.07) is 13.1. The molecule has 1 amide bonds. The largest absolute Gasteiger partial charge is 0.492 e. The highest BCUT2D eigenvalue weighted by Gasteiger charge is 2.27. The molecule has 0 radical (unpaired) electrons.